The van der Waals surface area contributed by atoms with Gasteiger partial charge in [-0.15, -0.1) is 0 Å². The molecule has 0 N–H and O–H groups in total. The molecule has 0 amide bonds. The van der Waals surface area contributed by atoms with E-state index in [4.69, 9.17) is 4.42 Å². The third-order valence-corrected chi connectivity index (χ3v) is 3.30. The highest BCUT2D eigenvalue weighted by Gasteiger charge is 2.18. The fourth-order valence-electron chi connectivity index (χ4n) is 2.27. The Hall–Kier alpha value is -1.50. The summed E-state index contributed by atoms with van der Waals surface area (Å²) in [5.74, 6) is 2.26. The van der Waals surface area contributed by atoms with Gasteiger partial charge in [0, 0.05) is 5.92 Å². The van der Waals surface area contributed by atoms with Crippen molar-refractivity contribution in [3.8, 4) is 0 Å². The minimum Gasteiger partial charge on any atom is -0.469 e. The smallest absolute Gasteiger partial charge is 0.107 e. The summed E-state index contributed by atoms with van der Waals surface area (Å²) in [5, 5.41) is 0. The largest absolute Gasteiger partial charge is 0.469 e. The second kappa shape index (κ2) is 5.72. The number of rotatable bonds is 5. The van der Waals surface area contributed by atoms with E-state index in [1.807, 2.05) is 6.07 Å². The van der Waals surface area contributed by atoms with Crippen LogP contribution in [0.25, 0.3) is 0 Å². The van der Waals surface area contributed by atoms with Gasteiger partial charge >= 0.3 is 0 Å². The highest BCUT2D eigenvalue weighted by atomic mass is 16.3. The molecule has 1 aromatic carbocycles. The molecule has 0 aliphatic heterocycles. The summed E-state index contributed by atoms with van der Waals surface area (Å²) >= 11 is 0. The lowest BCUT2D eigenvalue weighted by Crippen LogP contribution is -2.07. The average Bonchev–Trinajstić information content (AvgIpc) is 2.84. The van der Waals surface area contributed by atoms with Crippen LogP contribution in [0.15, 0.2) is 53.1 Å². The Labute approximate surface area is 103 Å². The first-order valence-corrected chi connectivity index (χ1v) is 6.34. The van der Waals surface area contributed by atoms with E-state index in [2.05, 4.69) is 50.2 Å². The Balaban J connectivity index is 2.00. The van der Waals surface area contributed by atoms with Crippen molar-refractivity contribution < 1.29 is 4.42 Å². The maximum absolute atomic E-state index is 5.55. The summed E-state index contributed by atoms with van der Waals surface area (Å²) in [7, 11) is 0. The summed E-state index contributed by atoms with van der Waals surface area (Å²) in [6, 6.07) is 14.7. The first-order chi connectivity index (χ1) is 8.27. The van der Waals surface area contributed by atoms with E-state index in [1.54, 1.807) is 6.26 Å². The minimum atomic E-state index is 0.519. The van der Waals surface area contributed by atoms with Crippen LogP contribution in [0.1, 0.15) is 37.5 Å². The molecule has 0 aliphatic rings. The molecule has 2 aromatic rings. The summed E-state index contributed by atoms with van der Waals surface area (Å²) in [6.07, 6.45) is 4.03. The first kappa shape index (κ1) is 12.0. The quantitative estimate of drug-likeness (QED) is 0.726. The monoisotopic (exact) mass is 228 g/mol. The van der Waals surface area contributed by atoms with Gasteiger partial charge in [-0.2, -0.15) is 0 Å². The van der Waals surface area contributed by atoms with E-state index in [0.717, 1.165) is 18.6 Å². The number of hydrogen-bond donors (Lipinski definition) is 0. The van der Waals surface area contributed by atoms with Crippen molar-refractivity contribution in [2.75, 3.05) is 0 Å². The summed E-state index contributed by atoms with van der Waals surface area (Å²) < 4.78 is 5.55. The zero-order valence-electron chi connectivity index (χ0n) is 10.6. The topological polar surface area (TPSA) is 13.1 Å². The van der Waals surface area contributed by atoms with Crippen molar-refractivity contribution >= 4 is 0 Å². The van der Waals surface area contributed by atoms with Crippen LogP contribution in [-0.2, 0) is 6.42 Å². The number of benzene rings is 1. The number of furan rings is 1. The van der Waals surface area contributed by atoms with Crippen LogP contribution >= 0.6 is 0 Å². The molecule has 1 atom stereocenters. The van der Waals surface area contributed by atoms with Crippen molar-refractivity contribution in [2.45, 2.75) is 32.6 Å². The van der Waals surface area contributed by atoms with Crippen LogP contribution < -0.4 is 0 Å². The van der Waals surface area contributed by atoms with Gasteiger partial charge in [-0.3, -0.25) is 0 Å². The van der Waals surface area contributed by atoms with Crippen molar-refractivity contribution in [3.63, 3.8) is 0 Å². The molecule has 90 valence electrons. The lowest BCUT2D eigenvalue weighted by atomic mass is 9.87. The van der Waals surface area contributed by atoms with E-state index in [0.29, 0.717) is 11.8 Å². The molecule has 0 fully saturated rings. The Kier molecular flexibility index (Phi) is 4.03. The van der Waals surface area contributed by atoms with Crippen molar-refractivity contribution in [2.24, 2.45) is 5.92 Å². The molecule has 1 aromatic heterocycles. The molecule has 1 heteroatoms. The van der Waals surface area contributed by atoms with E-state index in [-0.39, 0.29) is 0 Å². The number of aryl methyl sites for hydroxylation is 1. The maximum atomic E-state index is 5.55. The van der Waals surface area contributed by atoms with E-state index >= 15 is 0 Å². The van der Waals surface area contributed by atoms with Gasteiger partial charge in [-0.05, 0) is 36.5 Å². The molecular weight excluding hydrogens is 208 g/mol. The molecule has 0 unspecified atom stereocenters. The highest BCUT2D eigenvalue weighted by molar-refractivity contribution is 5.16. The normalized spacial score (nSPS) is 12.9. The van der Waals surface area contributed by atoms with Crippen molar-refractivity contribution in [1.82, 2.24) is 0 Å². The molecule has 0 bridgehead atoms. The van der Waals surface area contributed by atoms with Gasteiger partial charge in [0.05, 0.1) is 6.26 Å². The SMILES string of the molecule is CC(C)[C@H](CCc1ccccc1)c1ccco1. The molecule has 0 saturated carbocycles. The second-order valence-corrected chi connectivity index (χ2v) is 4.89. The molecule has 0 radical (unpaired) electrons. The second-order valence-electron chi connectivity index (χ2n) is 4.89. The lowest BCUT2D eigenvalue weighted by molar-refractivity contribution is 0.378. The predicted octanol–water partition coefficient (Wildman–Crippen LogP) is 4.65. The number of hydrogen-bond acceptors (Lipinski definition) is 1. The zero-order chi connectivity index (χ0) is 12.1. The third kappa shape index (κ3) is 3.23. The lowest BCUT2D eigenvalue weighted by Gasteiger charge is -2.18. The van der Waals surface area contributed by atoms with Crippen LogP contribution in [0.3, 0.4) is 0 Å². The van der Waals surface area contributed by atoms with Gasteiger partial charge in [0.1, 0.15) is 5.76 Å². The standard InChI is InChI=1S/C16H20O/c1-13(2)15(16-9-6-12-17-16)11-10-14-7-4-3-5-8-14/h3-9,12-13,15H,10-11H2,1-2H3/t15-/m0/s1. The summed E-state index contributed by atoms with van der Waals surface area (Å²) in [5.41, 5.74) is 1.41. The maximum Gasteiger partial charge on any atom is 0.107 e. The molecule has 0 aliphatic carbocycles. The molecule has 17 heavy (non-hydrogen) atoms. The molecule has 0 spiro atoms. The van der Waals surface area contributed by atoms with Gasteiger partial charge in [-0.1, -0.05) is 44.2 Å². The molecule has 1 heterocycles. The van der Waals surface area contributed by atoms with Crippen molar-refractivity contribution in [1.29, 1.82) is 0 Å². The Morgan fingerprint density at radius 2 is 1.76 bits per heavy atom. The van der Waals surface area contributed by atoms with Crippen LogP contribution in [0.2, 0.25) is 0 Å². The van der Waals surface area contributed by atoms with Crippen LogP contribution in [-0.4, -0.2) is 0 Å². The van der Waals surface area contributed by atoms with Crippen molar-refractivity contribution in [3.05, 3.63) is 60.1 Å². The Morgan fingerprint density at radius 3 is 2.35 bits per heavy atom. The molecule has 1 nitrogen and oxygen atoms in total. The van der Waals surface area contributed by atoms with Crippen LogP contribution in [0, 0.1) is 5.92 Å². The highest BCUT2D eigenvalue weighted by Crippen LogP contribution is 2.29. The zero-order valence-corrected chi connectivity index (χ0v) is 10.6. The molecular formula is C16H20O. The predicted molar refractivity (Wildman–Crippen MR) is 71.1 cm³/mol. The fourth-order valence-corrected chi connectivity index (χ4v) is 2.27. The minimum absolute atomic E-state index is 0.519. The fraction of sp³-hybridized carbons (Fsp3) is 0.375. The Morgan fingerprint density at radius 1 is 1.00 bits per heavy atom. The van der Waals surface area contributed by atoms with Gasteiger partial charge in [-0.25, -0.2) is 0 Å². The molecule has 2 rings (SSSR count). The molecule has 0 saturated heterocycles. The Bertz CT molecular complexity index is 414. The van der Waals surface area contributed by atoms with E-state index in [9.17, 15) is 0 Å². The van der Waals surface area contributed by atoms with Crippen LogP contribution in [0.4, 0.5) is 0 Å². The van der Waals surface area contributed by atoms with Gasteiger partial charge in [0.2, 0.25) is 0 Å². The summed E-state index contributed by atoms with van der Waals surface area (Å²) in [4.78, 5) is 0. The average molecular weight is 228 g/mol. The van der Waals surface area contributed by atoms with Gasteiger partial charge in [0.25, 0.3) is 0 Å². The van der Waals surface area contributed by atoms with E-state index in [1.165, 1.54) is 5.56 Å². The first-order valence-electron chi connectivity index (χ1n) is 6.34. The van der Waals surface area contributed by atoms with Crippen LogP contribution in [0.5, 0.6) is 0 Å². The summed E-state index contributed by atoms with van der Waals surface area (Å²) in [6.45, 7) is 4.52. The van der Waals surface area contributed by atoms with Gasteiger partial charge in [0.15, 0.2) is 0 Å². The van der Waals surface area contributed by atoms with E-state index < -0.39 is 0 Å². The van der Waals surface area contributed by atoms with Gasteiger partial charge < -0.3 is 4.42 Å². The third-order valence-electron chi connectivity index (χ3n) is 3.30.